The molecule has 1 fully saturated rings. The highest BCUT2D eigenvalue weighted by Gasteiger charge is 2.31. The average molecular weight is 339 g/mol. The molecule has 0 spiro atoms. The maximum Gasteiger partial charge on any atom is 0.225 e. The second kappa shape index (κ2) is 7.42. The molecule has 0 radical (unpaired) electrons. The minimum Gasteiger partial charge on any atom is -0.359 e. The fraction of sp³-hybridized carbons (Fsp3) is 0.562. The molecule has 1 aliphatic heterocycles. The Hall–Kier alpha value is -1.44. The lowest BCUT2D eigenvalue weighted by molar-refractivity contribution is -0.125. The Labute approximate surface area is 138 Å². The van der Waals surface area contributed by atoms with Crippen molar-refractivity contribution in [2.45, 2.75) is 13.5 Å². The molecule has 1 heterocycles. The number of carbonyl (C=O) groups is 1. The van der Waals surface area contributed by atoms with E-state index in [1.807, 2.05) is 6.92 Å². The van der Waals surface area contributed by atoms with Gasteiger partial charge in [-0.05, 0) is 12.5 Å². The SMILES string of the molecule is CNC(=O)[C@@H]1CN(Cc2ccc(C)cc2)CCN(S(C)(=O)=O)C1. The zero-order chi connectivity index (χ0) is 17.0. The van der Waals surface area contributed by atoms with Gasteiger partial charge in [0, 0.05) is 39.8 Å². The van der Waals surface area contributed by atoms with Gasteiger partial charge in [0.25, 0.3) is 0 Å². The van der Waals surface area contributed by atoms with E-state index in [0.717, 1.165) is 0 Å². The average Bonchev–Trinajstić information content (AvgIpc) is 2.71. The Morgan fingerprint density at radius 2 is 1.87 bits per heavy atom. The van der Waals surface area contributed by atoms with Crippen molar-refractivity contribution in [3.63, 3.8) is 0 Å². The predicted molar refractivity (Wildman–Crippen MR) is 90.4 cm³/mol. The minimum atomic E-state index is -3.30. The standard InChI is InChI=1S/C16H25N3O3S/c1-13-4-6-14(7-5-13)10-18-8-9-19(23(3,21)22)12-15(11-18)16(20)17-2/h4-7,15H,8-12H2,1-3H3,(H,17,20)/t15-/m1/s1. The molecular weight excluding hydrogens is 314 g/mol. The molecular formula is C16H25N3O3S. The summed E-state index contributed by atoms with van der Waals surface area (Å²) in [5, 5.41) is 2.64. The van der Waals surface area contributed by atoms with Gasteiger partial charge in [0.1, 0.15) is 0 Å². The normalized spacial score (nSPS) is 20.9. The molecule has 2 rings (SSSR count). The van der Waals surface area contributed by atoms with Crippen LogP contribution >= 0.6 is 0 Å². The van der Waals surface area contributed by atoms with Gasteiger partial charge in [-0.2, -0.15) is 0 Å². The number of hydrogen-bond acceptors (Lipinski definition) is 4. The maximum absolute atomic E-state index is 12.1. The lowest BCUT2D eigenvalue weighted by Crippen LogP contribution is -2.41. The van der Waals surface area contributed by atoms with Gasteiger partial charge in [0.2, 0.25) is 15.9 Å². The summed E-state index contributed by atoms with van der Waals surface area (Å²) in [6, 6.07) is 8.27. The Morgan fingerprint density at radius 1 is 1.22 bits per heavy atom. The Morgan fingerprint density at radius 3 is 2.43 bits per heavy atom. The van der Waals surface area contributed by atoms with Crippen molar-refractivity contribution in [3.05, 3.63) is 35.4 Å². The number of rotatable bonds is 4. The first-order valence-electron chi connectivity index (χ1n) is 7.74. The first-order chi connectivity index (χ1) is 10.8. The lowest BCUT2D eigenvalue weighted by atomic mass is 10.1. The zero-order valence-corrected chi connectivity index (χ0v) is 14.8. The van der Waals surface area contributed by atoms with E-state index in [4.69, 9.17) is 0 Å². The van der Waals surface area contributed by atoms with Crippen LogP contribution in [0.5, 0.6) is 0 Å². The predicted octanol–water partition coefficient (Wildman–Crippen LogP) is 0.434. The number of hydrogen-bond donors (Lipinski definition) is 1. The molecule has 6 nitrogen and oxygen atoms in total. The first-order valence-corrected chi connectivity index (χ1v) is 9.59. The monoisotopic (exact) mass is 339 g/mol. The molecule has 1 N–H and O–H groups in total. The van der Waals surface area contributed by atoms with Gasteiger partial charge in [0.15, 0.2) is 0 Å². The third kappa shape index (κ3) is 5.02. The van der Waals surface area contributed by atoms with Crippen LogP contribution in [0.25, 0.3) is 0 Å². The van der Waals surface area contributed by atoms with Crippen LogP contribution in [0.3, 0.4) is 0 Å². The first kappa shape index (κ1) is 17.9. The third-order valence-corrected chi connectivity index (χ3v) is 5.45. The largest absolute Gasteiger partial charge is 0.359 e. The molecule has 128 valence electrons. The molecule has 7 heteroatoms. The van der Waals surface area contributed by atoms with Gasteiger partial charge < -0.3 is 5.32 Å². The number of sulfonamides is 1. The molecule has 1 saturated heterocycles. The summed E-state index contributed by atoms with van der Waals surface area (Å²) >= 11 is 0. The molecule has 1 aliphatic rings. The Bertz CT molecular complexity index is 643. The minimum absolute atomic E-state index is 0.116. The molecule has 0 bridgehead atoms. The van der Waals surface area contributed by atoms with Gasteiger partial charge in [-0.3, -0.25) is 9.69 Å². The highest BCUT2D eigenvalue weighted by atomic mass is 32.2. The van der Waals surface area contributed by atoms with Crippen molar-refractivity contribution in [3.8, 4) is 0 Å². The number of nitrogens with zero attached hydrogens (tertiary/aromatic N) is 2. The van der Waals surface area contributed by atoms with Crippen LogP contribution in [0.2, 0.25) is 0 Å². The van der Waals surface area contributed by atoms with E-state index in [9.17, 15) is 13.2 Å². The fourth-order valence-corrected chi connectivity index (χ4v) is 3.68. The smallest absolute Gasteiger partial charge is 0.225 e. The number of nitrogens with one attached hydrogen (secondary N) is 1. The van der Waals surface area contributed by atoms with E-state index in [2.05, 4.69) is 34.5 Å². The Kier molecular flexibility index (Phi) is 5.78. The van der Waals surface area contributed by atoms with Crippen molar-refractivity contribution >= 4 is 15.9 Å². The summed E-state index contributed by atoms with van der Waals surface area (Å²) in [5.74, 6) is -0.475. The molecule has 0 saturated carbocycles. The number of aryl methyl sites for hydroxylation is 1. The summed E-state index contributed by atoms with van der Waals surface area (Å²) in [7, 11) is -1.71. The van der Waals surface area contributed by atoms with Gasteiger partial charge >= 0.3 is 0 Å². The molecule has 1 aromatic rings. The molecule has 0 unspecified atom stereocenters. The van der Waals surface area contributed by atoms with Crippen LogP contribution < -0.4 is 5.32 Å². The molecule has 23 heavy (non-hydrogen) atoms. The summed E-state index contributed by atoms with van der Waals surface area (Å²) in [6.07, 6.45) is 1.20. The Balaban J connectivity index is 2.14. The van der Waals surface area contributed by atoms with Crippen LogP contribution in [0.4, 0.5) is 0 Å². The van der Waals surface area contributed by atoms with E-state index < -0.39 is 10.0 Å². The van der Waals surface area contributed by atoms with Crippen LogP contribution in [-0.4, -0.2) is 63.0 Å². The quantitative estimate of drug-likeness (QED) is 0.864. The second-order valence-corrected chi connectivity index (χ2v) is 8.14. The highest BCUT2D eigenvalue weighted by Crippen LogP contribution is 2.16. The molecule has 0 aliphatic carbocycles. The van der Waals surface area contributed by atoms with E-state index in [1.54, 1.807) is 7.05 Å². The van der Waals surface area contributed by atoms with Crippen LogP contribution in [0, 0.1) is 12.8 Å². The van der Waals surface area contributed by atoms with Gasteiger partial charge in [-0.25, -0.2) is 12.7 Å². The highest BCUT2D eigenvalue weighted by molar-refractivity contribution is 7.88. The summed E-state index contributed by atoms with van der Waals surface area (Å²) in [6.45, 7) is 4.59. The summed E-state index contributed by atoms with van der Waals surface area (Å²) in [4.78, 5) is 14.2. The summed E-state index contributed by atoms with van der Waals surface area (Å²) in [5.41, 5.74) is 2.37. The number of carbonyl (C=O) groups excluding carboxylic acids is 1. The van der Waals surface area contributed by atoms with Gasteiger partial charge in [-0.15, -0.1) is 0 Å². The van der Waals surface area contributed by atoms with Crippen LogP contribution in [-0.2, 0) is 21.4 Å². The second-order valence-electron chi connectivity index (χ2n) is 6.15. The number of benzene rings is 1. The maximum atomic E-state index is 12.1. The fourth-order valence-electron chi connectivity index (χ4n) is 2.82. The van der Waals surface area contributed by atoms with Crippen molar-refractivity contribution < 1.29 is 13.2 Å². The summed E-state index contributed by atoms with van der Waals surface area (Å²) < 4.78 is 25.2. The zero-order valence-electron chi connectivity index (χ0n) is 13.9. The van der Waals surface area contributed by atoms with Crippen LogP contribution in [0.15, 0.2) is 24.3 Å². The van der Waals surface area contributed by atoms with E-state index in [-0.39, 0.29) is 18.4 Å². The van der Waals surface area contributed by atoms with E-state index >= 15 is 0 Å². The van der Waals surface area contributed by atoms with Gasteiger partial charge in [0.05, 0.1) is 12.2 Å². The molecule has 1 amide bonds. The molecule has 1 aromatic carbocycles. The van der Waals surface area contributed by atoms with Crippen LogP contribution in [0.1, 0.15) is 11.1 Å². The van der Waals surface area contributed by atoms with Gasteiger partial charge in [-0.1, -0.05) is 29.8 Å². The van der Waals surface area contributed by atoms with Crippen molar-refractivity contribution in [1.82, 2.24) is 14.5 Å². The van der Waals surface area contributed by atoms with E-state index in [0.29, 0.717) is 26.2 Å². The van der Waals surface area contributed by atoms with Crippen molar-refractivity contribution in [2.24, 2.45) is 5.92 Å². The van der Waals surface area contributed by atoms with Crippen molar-refractivity contribution in [2.75, 3.05) is 39.5 Å². The molecule has 0 aromatic heterocycles. The van der Waals surface area contributed by atoms with E-state index in [1.165, 1.54) is 21.7 Å². The number of amides is 1. The lowest BCUT2D eigenvalue weighted by Gasteiger charge is -2.23. The van der Waals surface area contributed by atoms with Crippen molar-refractivity contribution in [1.29, 1.82) is 0 Å². The molecule has 1 atom stereocenters. The topological polar surface area (TPSA) is 69.7 Å². The third-order valence-electron chi connectivity index (χ3n) is 4.18.